The van der Waals surface area contributed by atoms with Crippen molar-refractivity contribution in [2.45, 2.75) is 18.2 Å². The summed E-state index contributed by atoms with van der Waals surface area (Å²) >= 11 is 12.5. The average molecular weight is 464 g/mol. The molecule has 4 heteroatoms. The summed E-state index contributed by atoms with van der Waals surface area (Å²) in [6, 6.07) is 10.4. The summed E-state index contributed by atoms with van der Waals surface area (Å²) in [5.41, 5.74) is 4.87. The van der Waals surface area contributed by atoms with Crippen molar-refractivity contribution in [3.05, 3.63) is 61.2 Å². The third-order valence-electron chi connectivity index (χ3n) is 3.54. The van der Waals surface area contributed by atoms with Crippen molar-refractivity contribution in [1.82, 2.24) is 0 Å². The van der Waals surface area contributed by atoms with Crippen LogP contribution in [-0.2, 0) is 6.42 Å². The molecule has 1 aliphatic rings. The highest BCUT2D eigenvalue weighted by Gasteiger charge is 2.24. The highest BCUT2D eigenvalue weighted by atomic mass is 127. The van der Waals surface area contributed by atoms with Gasteiger partial charge in [0.25, 0.3) is 0 Å². The maximum absolute atomic E-state index is 6.25. The van der Waals surface area contributed by atoms with Gasteiger partial charge in [0.05, 0.1) is 11.4 Å². The summed E-state index contributed by atoms with van der Waals surface area (Å²) in [6.07, 6.45) is 0.938. The first kappa shape index (κ1) is 14.7. The number of benzene rings is 2. The second-order valence-corrected chi connectivity index (χ2v) is 7.35. The van der Waals surface area contributed by atoms with E-state index in [9.17, 15) is 0 Å². The molecule has 0 aromatic heterocycles. The molecule has 3 rings (SSSR count). The molecule has 20 heavy (non-hydrogen) atoms. The number of fused-ring (bicyclic) bond motifs is 1. The van der Waals surface area contributed by atoms with Gasteiger partial charge < -0.3 is 4.74 Å². The van der Waals surface area contributed by atoms with Gasteiger partial charge in [0, 0.05) is 20.6 Å². The van der Waals surface area contributed by atoms with Crippen molar-refractivity contribution < 1.29 is 4.74 Å². The Morgan fingerprint density at radius 3 is 2.90 bits per heavy atom. The smallest absolute Gasteiger partial charge is 0.127 e. The molecule has 0 saturated heterocycles. The van der Waals surface area contributed by atoms with Crippen LogP contribution < -0.4 is 4.74 Å². The lowest BCUT2D eigenvalue weighted by molar-refractivity contribution is 0.354. The molecule has 1 unspecified atom stereocenters. The van der Waals surface area contributed by atoms with Crippen LogP contribution >= 0.6 is 50.1 Å². The molecule has 0 saturated carbocycles. The minimum absolute atomic E-state index is 0.0971. The van der Waals surface area contributed by atoms with Gasteiger partial charge in [-0.25, -0.2) is 0 Å². The molecule has 0 amide bonds. The standard InChI is InChI=1S/C16H13BrClIO/c1-9-3-2-4-12(15(9)19)14(17)13-8-11(18)7-10-5-6-20-16(10)13/h2-4,7-8,14H,5-6H2,1H3. The molecule has 0 N–H and O–H groups in total. The summed E-state index contributed by atoms with van der Waals surface area (Å²) in [5.74, 6) is 0.994. The van der Waals surface area contributed by atoms with Gasteiger partial charge in [-0.05, 0) is 58.3 Å². The van der Waals surface area contributed by atoms with Gasteiger partial charge in [-0.15, -0.1) is 0 Å². The Morgan fingerprint density at radius 1 is 1.30 bits per heavy atom. The lowest BCUT2D eigenvalue weighted by atomic mass is 10.00. The maximum Gasteiger partial charge on any atom is 0.127 e. The number of alkyl halides is 1. The Labute approximate surface area is 145 Å². The van der Waals surface area contributed by atoms with Crippen LogP contribution in [0, 0.1) is 10.5 Å². The first-order valence-electron chi connectivity index (χ1n) is 6.42. The highest BCUT2D eigenvalue weighted by molar-refractivity contribution is 14.1. The van der Waals surface area contributed by atoms with E-state index in [0.717, 1.165) is 29.4 Å². The van der Waals surface area contributed by atoms with Gasteiger partial charge in [-0.3, -0.25) is 0 Å². The first-order chi connectivity index (χ1) is 9.58. The van der Waals surface area contributed by atoms with Crippen molar-refractivity contribution in [2.24, 2.45) is 0 Å². The van der Waals surface area contributed by atoms with Crippen LogP contribution in [0.3, 0.4) is 0 Å². The van der Waals surface area contributed by atoms with Gasteiger partial charge in [0.15, 0.2) is 0 Å². The molecule has 1 nitrogen and oxygen atoms in total. The fraction of sp³-hybridized carbons (Fsp3) is 0.250. The largest absolute Gasteiger partial charge is 0.493 e. The van der Waals surface area contributed by atoms with Crippen LogP contribution in [0.25, 0.3) is 0 Å². The van der Waals surface area contributed by atoms with Crippen LogP contribution in [0.5, 0.6) is 5.75 Å². The van der Waals surface area contributed by atoms with E-state index in [0.29, 0.717) is 0 Å². The predicted octanol–water partition coefficient (Wildman–Crippen LogP) is 5.67. The summed E-state index contributed by atoms with van der Waals surface area (Å²) < 4.78 is 7.08. The molecular formula is C16H13BrClIO. The fourth-order valence-electron chi connectivity index (χ4n) is 2.52. The van der Waals surface area contributed by atoms with E-state index >= 15 is 0 Å². The van der Waals surface area contributed by atoms with Crippen molar-refractivity contribution in [3.8, 4) is 5.75 Å². The number of rotatable bonds is 2. The van der Waals surface area contributed by atoms with Gasteiger partial charge >= 0.3 is 0 Å². The van der Waals surface area contributed by atoms with Crippen molar-refractivity contribution in [2.75, 3.05) is 6.61 Å². The molecule has 2 aromatic rings. The highest BCUT2D eigenvalue weighted by Crippen LogP contribution is 2.43. The third kappa shape index (κ3) is 2.60. The average Bonchev–Trinajstić information content (AvgIpc) is 2.88. The number of ether oxygens (including phenoxy) is 1. The van der Waals surface area contributed by atoms with Gasteiger partial charge in [0.2, 0.25) is 0 Å². The molecule has 2 aromatic carbocycles. The summed E-state index contributed by atoms with van der Waals surface area (Å²) in [7, 11) is 0. The molecule has 0 radical (unpaired) electrons. The molecule has 0 bridgehead atoms. The molecule has 1 heterocycles. The van der Waals surface area contributed by atoms with E-state index in [4.69, 9.17) is 16.3 Å². The molecule has 1 atom stereocenters. The third-order valence-corrected chi connectivity index (χ3v) is 6.22. The zero-order chi connectivity index (χ0) is 14.3. The van der Waals surface area contributed by atoms with E-state index in [1.54, 1.807) is 0 Å². The second-order valence-electron chi connectivity index (χ2n) is 4.92. The van der Waals surface area contributed by atoms with E-state index in [1.807, 2.05) is 12.1 Å². The molecule has 1 aliphatic heterocycles. The van der Waals surface area contributed by atoms with Crippen LogP contribution in [0.15, 0.2) is 30.3 Å². The SMILES string of the molecule is Cc1cccc(C(Br)c2cc(Cl)cc3c2OCC3)c1I. The quantitative estimate of drug-likeness (QED) is 0.412. The number of hydrogen-bond acceptors (Lipinski definition) is 1. The zero-order valence-electron chi connectivity index (χ0n) is 10.9. The minimum atomic E-state index is 0.0971. The van der Waals surface area contributed by atoms with Crippen LogP contribution in [0.2, 0.25) is 5.02 Å². The molecule has 0 fully saturated rings. The van der Waals surface area contributed by atoms with E-state index in [-0.39, 0.29) is 4.83 Å². The Bertz CT molecular complexity index is 672. The number of hydrogen-bond donors (Lipinski definition) is 0. The van der Waals surface area contributed by atoms with Crippen LogP contribution in [-0.4, -0.2) is 6.61 Å². The Kier molecular flexibility index (Phi) is 4.29. The van der Waals surface area contributed by atoms with Crippen LogP contribution in [0.4, 0.5) is 0 Å². The summed E-state index contributed by atoms with van der Waals surface area (Å²) in [4.78, 5) is 0.0971. The fourth-order valence-corrected chi connectivity index (χ4v) is 4.59. The van der Waals surface area contributed by atoms with Crippen molar-refractivity contribution in [3.63, 3.8) is 0 Å². The lowest BCUT2D eigenvalue weighted by Crippen LogP contribution is -2.00. The summed E-state index contributed by atoms with van der Waals surface area (Å²) in [5, 5.41) is 0.774. The number of aryl methyl sites for hydroxylation is 1. The first-order valence-corrected chi connectivity index (χ1v) is 8.79. The second kappa shape index (κ2) is 5.85. The molecule has 0 spiro atoms. The van der Waals surface area contributed by atoms with E-state index in [1.165, 1.54) is 20.3 Å². The predicted molar refractivity (Wildman–Crippen MR) is 95.3 cm³/mol. The molecule has 104 valence electrons. The maximum atomic E-state index is 6.25. The lowest BCUT2D eigenvalue weighted by Gasteiger charge is -2.17. The van der Waals surface area contributed by atoms with Gasteiger partial charge in [-0.1, -0.05) is 45.7 Å². The number of halogens is 3. The summed E-state index contributed by atoms with van der Waals surface area (Å²) in [6.45, 7) is 2.87. The topological polar surface area (TPSA) is 9.23 Å². The molecule has 0 aliphatic carbocycles. The van der Waals surface area contributed by atoms with Crippen LogP contribution in [0.1, 0.15) is 27.1 Å². The Hall–Kier alpha value is -0.260. The monoisotopic (exact) mass is 462 g/mol. The van der Waals surface area contributed by atoms with Crippen molar-refractivity contribution in [1.29, 1.82) is 0 Å². The van der Waals surface area contributed by atoms with E-state index < -0.39 is 0 Å². The Balaban J connectivity index is 2.11. The molecular weight excluding hydrogens is 450 g/mol. The van der Waals surface area contributed by atoms with Gasteiger partial charge in [0.1, 0.15) is 5.75 Å². The van der Waals surface area contributed by atoms with Gasteiger partial charge in [-0.2, -0.15) is 0 Å². The normalized spacial score (nSPS) is 14.8. The van der Waals surface area contributed by atoms with Crippen molar-refractivity contribution >= 4 is 50.1 Å². The minimum Gasteiger partial charge on any atom is -0.493 e. The Morgan fingerprint density at radius 2 is 2.10 bits per heavy atom. The zero-order valence-corrected chi connectivity index (χ0v) is 15.4. The van der Waals surface area contributed by atoms with E-state index in [2.05, 4.69) is 63.6 Å².